The van der Waals surface area contributed by atoms with Crippen molar-refractivity contribution in [2.24, 2.45) is 0 Å². The van der Waals surface area contributed by atoms with Gasteiger partial charge < -0.3 is 19.7 Å². The average molecular weight is 370 g/mol. The molecule has 0 saturated carbocycles. The molecule has 0 aliphatic rings. The summed E-state index contributed by atoms with van der Waals surface area (Å²) in [5, 5.41) is 14.4. The minimum Gasteiger partial charge on any atom is -0.497 e. The van der Waals surface area contributed by atoms with Crippen LogP contribution in [-0.2, 0) is 11.3 Å². The maximum Gasteiger partial charge on any atom is 0.340 e. The fraction of sp³-hybridized carbons (Fsp3) is 0.118. The standard InChI is InChI=1S/C17H14N4O6/c1-25-12-5-2-10(3-6-12)16-19-15(20-27-16)9-26-17(22)13-7-4-11(21(23)24)8-14(13)18/h2-8H,9,18H2,1H3. The predicted molar refractivity (Wildman–Crippen MR) is 92.9 cm³/mol. The minimum atomic E-state index is -0.752. The van der Waals surface area contributed by atoms with Gasteiger partial charge in [-0.25, -0.2) is 4.79 Å². The monoisotopic (exact) mass is 370 g/mol. The quantitative estimate of drug-likeness (QED) is 0.299. The molecule has 0 aliphatic carbocycles. The van der Waals surface area contributed by atoms with Crippen molar-refractivity contribution in [2.75, 3.05) is 12.8 Å². The van der Waals surface area contributed by atoms with Crippen LogP contribution in [0.15, 0.2) is 47.0 Å². The predicted octanol–water partition coefficient (Wildman–Crippen LogP) is 2.59. The Labute approximate surface area is 152 Å². The average Bonchev–Trinajstić information content (AvgIpc) is 3.15. The number of anilines is 1. The van der Waals surface area contributed by atoms with Gasteiger partial charge in [0.1, 0.15) is 5.75 Å². The van der Waals surface area contributed by atoms with Crippen LogP contribution < -0.4 is 10.5 Å². The lowest BCUT2D eigenvalue weighted by Gasteiger charge is -2.05. The molecule has 0 spiro atoms. The van der Waals surface area contributed by atoms with Gasteiger partial charge in [-0.2, -0.15) is 4.98 Å². The molecule has 10 heteroatoms. The number of nitrogens with two attached hydrogens (primary N) is 1. The number of aromatic nitrogens is 2. The topological polar surface area (TPSA) is 144 Å². The van der Waals surface area contributed by atoms with E-state index in [4.69, 9.17) is 19.7 Å². The molecular formula is C17H14N4O6. The van der Waals surface area contributed by atoms with Gasteiger partial charge in [0.2, 0.25) is 5.82 Å². The molecule has 0 atom stereocenters. The fourth-order valence-electron chi connectivity index (χ4n) is 2.22. The van der Waals surface area contributed by atoms with Crippen molar-refractivity contribution in [3.63, 3.8) is 0 Å². The van der Waals surface area contributed by atoms with Crippen LogP contribution in [0.1, 0.15) is 16.2 Å². The molecular weight excluding hydrogens is 356 g/mol. The smallest absolute Gasteiger partial charge is 0.340 e. The van der Waals surface area contributed by atoms with Crippen LogP contribution in [0.4, 0.5) is 11.4 Å². The summed E-state index contributed by atoms with van der Waals surface area (Å²) in [6.07, 6.45) is 0. The van der Waals surface area contributed by atoms with E-state index in [1.165, 1.54) is 12.1 Å². The first-order chi connectivity index (χ1) is 13.0. The largest absolute Gasteiger partial charge is 0.497 e. The van der Waals surface area contributed by atoms with Crippen molar-refractivity contribution in [3.05, 3.63) is 64.0 Å². The van der Waals surface area contributed by atoms with E-state index in [9.17, 15) is 14.9 Å². The van der Waals surface area contributed by atoms with Crippen LogP contribution in [0.5, 0.6) is 5.75 Å². The van der Waals surface area contributed by atoms with Crippen LogP contribution in [-0.4, -0.2) is 28.1 Å². The van der Waals surface area contributed by atoms with E-state index in [2.05, 4.69) is 10.1 Å². The lowest BCUT2D eigenvalue weighted by atomic mass is 10.1. The third-order valence-electron chi connectivity index (χ3n) is 3.60. The van der Waals surface area contributed by atoms with E-state index >= 15 is 0 Å². The lowest BCUT2D eigenvalue weighted by Crippen LogP contribution is -2.09. The SMILES string of the molecule is COc1ccc(-c2nc(COC(=O)c3ccc([N+](=O)[O-])cc3N)no2)cc1. The van der Waals surface area contributed by atoms with Gasteiger partial charge in [0.15, 0.2) is 6.61 Å². The summed E-state index contributed by atoms with van der Waals surface area (Å²) in [7, 11) is 1.56. The molecule has 3 rings (SSSR count). The second-order valence-electron chi connectivity index (χ2n) is 5.35. The summed E-state index contributed by atoms with van der Waals surface area (Å²) >= 11 is 0. The fourth-order valence-corrected chi connectivity index (χ4v) is 2.22. The number of ether oxygens (including phenoxy) is 2. The first-order valence-corrected chi connectivity index (χ1v) is 7.66. The number of methoxy groups -OCH3 is 1. The number of rotatable bonds is 6. The summed E-state index contributed by atoms with van der Waals surface area (Å²) in [4.78, 5) is 26.3. The molecule has 3 aromatic rings. The van der Waals surface area contributed by atoms with E-state index in [0.29, 0.717) is 11.3 Å². The van der Waals surface area contributed by atoms with Gasteiger partial charge in [-0.1, -0.05) is 5.16 Å². The van der Waals surface area contributed by atoms with E-state index in [1.54, 1.807) is 31.4 Å². The number of esters is 1. The van der Waals surface area contributed by atoms with E-state index < -0.39 is 10.9 Å². The molecule has 0 aliphatic heterocycles. The molecule has 0 fully saturated rings. The Morgan fingerprint density at radius 2 is 2.00 bits per heavy atom. The van der Waals surface area contributed by atoms with E-state index in [-0.39, 0.29) is 35.3 Å². The molecule has 0 amide bonds. The Kier molecular flexibility index (Phi) is 4.97. The molecule has 1 aromatic heterocycles. The normalized spacial score (nSPS) is 10.4. The minimum absolute atomic E-state index is 0.0134. The summed E-state index contributed by atoms with van der Waals surface area (Å²) in [6.45, 7) is -0.241. The number of hydrogen-bond acceptors (Lipinski definition) is 9. The van der Waals surface area contributed by atoms with Crippen LogP contribution in [0.3, 0.4) is 0 Å². The molecule has 0 bridgehead atoms. The Morgan fingerprint density at radius 1 is 1.26 bits per heavy atom. The zero-order chi connectivity index (χ0) is 19.4. The van der Waals surface area contributed by atoms with Gasteiger partial charge in [0, 0.05) is 17.7 Å². The summed E-state index contributed by atoms with van der Waals surface area (Å²) in [5.41, 5.74) is 6.09. The molecule has 0 unspecified atom stereocenters. The number of non-ortho nitro benzene ring substituents is 1. The number of nitrogen functional groups attached to an aromatic ring is 1. The highest BCUT2D eigenvalue weighted by Gasteiger charge is 2.17. The molecule has 10 nitrogen and oxygen atoms in total. The molecule has 1 heterocycles. The highest BCUT2D eigenvalue weighted by molar-refractivity contribution is 5.95. The van der Waals surface area contributed by atoms with Gasteiger partial charge >= 0.3 is 5.97 Å². The van der Waals surface area contributed by atoms with Crippen molar-refractivity contribution >= 4 is 17.3 Å². The van der Waals surface area contributed by atoms with E-state index in [0.717, 1.165) is 6.07 Å². The number of nitro groups is 1. The second kappa shape index (κ2) is 7.52. The Hall–Kier alpha value is -3.95. The highest BCUT2D eigenvalue weighted by atomic mass is 16.6. The van der Waals surface area contributed by atoms with Gasteiger partial charge in [0.25, 0.3) is 11.6 Å². The van der Waals surface area contributed by atoms with Crippen molar-refractivity contribution in [1.29, 1.82) is 0 Å². The van der Waals surface area contributed by atoms with Crippen molar-refractivity contribution in [1.82, 2.24) is 10.1 Å². The Balaban J connectivity index is 1.66. The molecule has 0 saturated heterocycles. The molecule has 2 N–H and O–H groups in total. The van der Waals surface area contributed by atoms with Gasteiger partial charge in [-0.3, -0.25) is 10.1 Å². The molecule has 138 valence electrons. The van der Waals surface area contributed by atoms with Crippen LogP contribution >= 0.6 is 0 Å². The highest BCUT2D eigenvalue weighted by Crippen LogP contribution is 2.22. The maximum atomic E-state index is 12.1. The summed E-state index contributed by atoms with van der Waals surface area (Å²) < 4.78 is 15.3. The molecule has 0 radical (unpaired) electrons. The van der Waals surface area contributed by atoms with E-state index in [1.807, 2.05) is 0 Å². The first kappa shape index (κ1) is 17.9. The number of benzene rings is 2. The lowest BCUT2D eigenvalue weighted by molar-refractivity contribution is -0.384. The Morgan fingerprint density at radius 3 is 2.63 bits per heavy atom. The number of carbonyl (C=O) groups is 1. The Bertz CT molecular complexity index is 983. The van der Waals surface area contributed by atoms with Gasteiger partial charge in [-0.05, 0) is 30.3 Å². The number of nitrogens with zero attached hydrogens (tertiary/aromatic N) is 3. The van der Waals surface area contributed by atoms with Gasteiger partial charge in [-0.15, -0.1) is 0 Å². The molecule has 27 heavy (non-hydrogen) atoms. The number of carbonyl (C=O) groups excluding carboxylic acids is 1. The number of nitro benzene ring substituents is 1. The zero-order valence-corrected chi connectivity index (χ0v) is 14.1. The first-order valence-electron chi connectivity index (χ1n) is 7.66. The number of hydrogen-bond donors (Lipinski definition) is 1. The zero-order valence-electron chi connectivity index (χ0n) is 14.1. The second-order valence-corrected chi connectivity index (χ2v) is 5.35. The van der Waals surface area contributed by atoms with Gasteiger partial charge in [0.05, 0.1) is 23.3 Å². The van der Waals surface area contributed by atoms with Crippen LogP contribution in [0.2, 0.25) is 0 Å². The van der Waals surface area contributed by atoms with Crippen molar-refractivity contribution in [3.8, 4) is 17.2 Å². The van der Waals surface area contributed by atoms with Crippen molar-refractivity contribution < 1.29 is 23.7 Å². The van der Waals surface area contributed by atoms with Crippen LogP contribution in [0.25, 0.3) is 11.5 Å². The van der Waals surface area contributed by atoms with Crippen LogP contribution in [0, 0.1) is 10.1 Å². The maximum absolute atomic E-state index is 12.1. The third-order valence-corrected chi connectivity index (χ3v) is 3.60. The molecule has 2 aromatic carbocycles. The third kappa shape index (κ3) is 4.00. The van der Waals surface area contributed by atoms with Crippen molar-refractivity contribution in [2.45, 2.75) is 6.61 Å². The summed E-state index contributed by atoms with van der Waals surface area (Å²) in [6, 6.07) is 10.5. The summed E-state index contributed by atoms with van der Waals surface area (Å²) in [5.74, 6) is 0.361.